The highest BCUT2D eigenvalue weighted by Gasteiger charge is 2.15. The van der Waals surface area contributed by atoms with Gasteiger partial charge in [-0.05, 0) is 30.5 Å². The Morgan fingerprint density at radius 2 is 2.12 bits per heavy atom. The molecule has 0 heterocycles. The molecule has 1 rings (SSSR count). The van der Waals surface area contributed by atoms with E-state index in [-0.39, 0.29) is 11.9 Å². The summed E-state index contributed by atoms with van der Waals surface area (Å²) in [6, 6.07) is 5.11. The number of anilines is 1. The van der Waals surface area contributed by atoms with Gasteiger partial charge in [0.1, 0.15) is 0 Å². The second-order valence-electron chi connectivity index (χ2n) is 4.47. The lowest BCUT2D eigenvalue weighted by atomic mass is 10.0. The molecule has 0 saturated carbocycles. The molecule has 0 aliphatic heterocycles. The Morgan fingerprint density at radius 3 is 2.59 bits per heavy atom. The van der Waals surface area contributed by atoms with Gasteiger partial charge >= 0.3 is 0 Å². The third kappa shape index (κ3) is 3.63. The average Bonchev–Trinajstić information content (AvgIpc) is 2.28. The monoisotopic (exact) mass is 254 g/mol. The maximum absolute atomic E-state index is 12.0. The van der Waals surface area contributed by atoms with Crippen molar-refractivity contribution in [2.75, 3.05) is 5.73 Å². The molecule has 0 aliphatic rings. The van der Waals surface area contributed by atoms with Gasteiger partial charge in [0, 0.05) is 11.6 Å². The van der Waals surface area contributed by atoms with Crippen molar-refractivity contribution in [2.24, 2.45) is 5.92 Å². The maximum atomic E-state index is 12.0. The second-order valence-corrected chi connectivity index (χ2v) is 4.88. The van der Waals surface area contributed by atoms with Gasteiger partial charge in [-0.25, -0.2) is 0 Å². The summed E-state index contributed by atoms with van der Waals surface area (Å²) >= 11 is 5.89. The van der Waals surface area contributed by atoms with Gasteiger partial charge in [-0.15, -0.1) is 0 Å². The molecule has 0 bridgehead atoms. The highest BCUT2D eigenvalue weighted by Crippen LogP contribution is 2.19. The number of carbonyl (C=O) groups is 1. The number of hydrogen-bond donors (Lipinski definition) is 2. The summed E-state index contributed by atoms with van der Waals surface area (Å²) in [6.45, 7) is 6.23. The van der Waals surface area contributed by atoms with E-state index in [1.54, 1.807) is 18.2 Å². The Kier molecular flexibility index (Phi) is 4.82. The van der Waals surface area contributed by atoms with E-state index < -0.39 is 0 Å². The summed E-state index contributed by atoms with van der Waals surface area (Å²) in [6.07, 6.45) is 0.909. The topological polar surface area (TPSA) is 55.1 Å². The average molecular weight is 255 g/mol. The van der Waals surface area contributed by atoms with Crippen LogP contribution in [0.25, 0.3) is 0 Å². The zero-order valence-corrected chi connectivity index (χ0v) is 11.2. The van der Waals surface area contributed by atoms with Crippen LogP contribution >= 0.6 is 11.6 Å². The molecule has 0 fully saturated rings. The third-order valence-corrected chi connectivity index (χ3v) is 3.15. The molecule has 94 valence electrons. The molecule has 1 atom stereocenters. The molecular weight excluding hydrogens is 236 g/mol. The summed E-state index contributed by atoms with van der Waals surface area (Å²) in [5, 5.41) is 3.40. The van der Waals surface area contributed by atoms with Crippen molar-refractivity contribution in [3.05, 3.63) is 28.8 Å². The number of nitrogens with two attached hydrogens (primary N) is 1. The fraction of sp³-hybridized carbons (Fsp3) is 0.462. The smallest absolute Gasteiger partial charge is 0.251 e. The highest BCUT2D eigenvalue weighted by molar-refractivity contribution is 6.33. The van der Waals surface area contributed by atoms with Crippen molar-refractivity contribution in [2.45, 2.75) is 33.2 Å². The van der Waals surface area contributed by atoms with Crippen molar-refractivity contribution in [3.63, 3.8) is 0 Å². The number of hydrogen-bond acceptors (Lipinski definition) is 2. The molecule has 1 amide bonds. The minimum absolute atomic E-state index is 0.104. The van der Waals surface area contributed by atoms with Crippen LogP contribution in [0.2, 0.25) is 5.02 Å². The van der Waals surface area contributed by atoms with Gasteiger partial charge in [-0.2, -0.15) is 0 Å². The number of rotatable bonds is 4. The Morgan fingerprint density at radius 1 is 1.47 bits per heavy atom. The quantitative estimate of drug-likeness (QED) is 0.812. The predicted octanol–water partition coefficient (Wildman–Crippen LogP) is 3.09. The number of amides is 1. The fourth-order valence-corrected chi connectivity index (χ4v) is 1.84. The van der Waals surface area contributed by atoms with Crippen LogP contribution in [0.3, 0.4) is 0 Å². The van der Waals surface area contributed by atoms with Crippen molar-refractivity contribution in [3.8, 4) is 0 Å². The molecule has 0 aromatic heterocycles. The zero-order valence-electron chi connectivity index (χ0n) is 10.5. The Balaban J connectivity index is 2.79. The molecular formula is C13H19ClN2O. The van der Waals surface area contributed by atoms with E-state index in [2.05, 4.69) is 26.1 Å². The standard InChI is InChI=1S/C13H19ClN2O/c1-4-12(8(2)3)16-13(17)9-5-6-11(15)10(14)7-9/h5-8,12H,4,15H2,1-3H3,(H,16,17). The van der Waals surface area contributed by atoms with E-state index in [0.29, 0.717) is 22.2 Å². The van der Waals surface area contributed by atoms with Crippen LogP contribution < -0.4 is 11.1 Å². The lowest BCUT2D eigenvalue weighted by Gasteiger charge is -2.20. The number of benzene rings is 1. The van der Waals surface area contributed by atoms with E-state index in [0.717, 1.165) is 6.42 Å². The first kappa shape index (κ1) is 13.8. The highest BCUT2D eigenvalue weighted by atomic mass is 35.5. The van der Waals surface area contributed by atoms with Crippen LogP contribution in [-0.4, -0.2) is 11.9 Å². The first-order valence-electron chi connectivity index (χ1n) is 5.81. The third-order valence-electron chi connectivity index (χ3n) is 2.82. The number of carbonyl (C=O) groups excluding carboxylic acids is 1. The van der Waals surface area contributed by atoms with E-state index in [9.17, 15) is 4.79 Å². The molecule has 4 heteroatoms. The normalized spacial score (nSPS) is 12.5. The second kappa shape index (κ2) is 5.92. The Hall–Kier alpha value is -1.22. The molecule has 1 unspecified atom stereocenters. The van der Waals surface area contributed by atoms with E-state index in [1.165, 1.54) is 0 Å². The minimum atomic E-state index is -0.104. The van der Waals surface area contributed by atoms with Crippen LogP contribution in [0.4, 0.5) is 5.69 Å². The van der Waals surface area contributed by atoms with Gasteiger partial charge in [-0.3, -0.25) is 4.79 Å². The summed E-state index contributed by atoms with van der Waals surface area (Å²) in [5.41, 5.74) is 6.63. The van der Waals surface area contributed by atoms with Gasteiger partial charge in [0.25, 0.3) is 5.91 Å². The van der Waals surface area contributed by atoms with Crippen LogP contribution in [0.5, 0.6) is 0 Å². The van der Waals surface area contributed by atoms with E-state index in [1.807, 2.05) is 0 Å². The number of halogens is 1. The lowest BCUT2D eigenvalue weighted by Crippen LogP contribution is -2.38. The van der Waals surface area contributed by atoms with Gasteiger partial charge in [-0.1, -0.05) is 32.4 Å². The van der Waals surface area contributed by atoms with Crippen molar-refractivity contribution in [1.29, 1.82) is 0 Å². The molecule has 0 aliphatic carbocycles. The maximum Gasteiger partial charge on any atom is 0.251 e. The van der Waals surface area contributed by atoms with Crippen LogP contribution in [0.1, 0.15) is 37.6 Å². The molecule has 1 aromatic rings. The van der Waals surface area contributed by atoms with Crippen molar-refractivity contribution >= 4 is 23.2 Å². The molecule has 0 saturated heterocycles. The van der Waals surface area contributed by atoms with E-state index in [4.69, 9.17) is 17.3 Å². The molecule has 3 nitrogen and oxygen atoms in total. The SMILES string of the molecule is CCC(NC(=O)c1ccc(N)c(Cl)c1)C(C)C. The van der Waals surface area contributed by atoms with Crippen LogP contribution in [0.15, 0.2) is 18.2 Å². The van der Waals surface area contributed by atoms with Crippen LogP contribution in [0, 0.1) is 5.92 Å². The van der Waals surface area contributed by atoms with Crippen molar-refractivity contribution < 1.29 is 4.79 Å². The number of nitrogen functional groups attached to an aromatic ring is 1. The van der Waals surface area contributed by atoms with Gasteiger partial charge in [0.2, 0.25) is 0 Å². The van der Waals surface area contributed by atoms with E-state index >= 15 is 0 Å². The summed E-state index contributed by atoms with van der Waals surface area (Å²) in [7, 11) is 0. The van der Waals surface area contributed by atoms with Gasteiger partial charge in [0.05, 0.1) is 10.7 Å². The fourth-order valence-electron chi connectivity index (χ4n) is 1.66. The van der Waals surface area contributed by atoms with Crippen molar-refractivity contribution in [1.82, 2.24) is 5.32 Å². The summed E-state index contributed by atoms with van der Waals surface area (Å²) in [4.78, 5) is 12.0. The lowest BCUT2D eigenvalue weighted by molar-refractivity contribution is 0.0924. The Bertz CT molecular complexity index is 404. The molecule has 0 spiro atoms. The van der Waals surface area contributed by atoms with Gasteiger partial charge < -0.3 is 11.1 Å². The molecule has 0 radical (unpaired) electrons. The largest absolute Gasteiger partial charge is 0.398 e. The molecule has 3 N–H and O–H groups in total. The zero-order chi connectivity index (χ0) is 13.0. The summed E-state index contributed by atoms with van der Waals surface area (Å²) in [5.74, 6) is 0.306. The first-order chi connectivity index (χ1) is 7.95. The molecule has 1 aromatic carbocycles. The summed E-state index contributed by atoms with van der Waals surface area (Å²) < 4.78 is 0. The Labute approximate surface area is 107 Å². The first-order valence-corrected chi connectivity index (χ1v) is 6.19. The molecule has 17 heavy (non-hydrogen) atoms. The van der Waals surface area contributed by atoms with Crippen LogP contribution in [-0.2, 0) is 0 Å². The predicted molar refractivity (Wildman–Crippen MR) is 72.2 cm³/mol. The number of nitrogens with one attached hydrogen (secondary N) is 1. The minimum Gasteiger partial charge on any atom is -0.398 e. The van der Waals surface area contributed by atoms with Gasteiger partial charge in [0.15, 0.2) is 0 Å².